The van der Waals surface area contributed by atoms with Crippen molar-refractivity contribution in [2.24, 2.45) is 0 Å². The highest BCUT2D eigenvalue weighted by Crippen LogP contribution is 2.29. The zero-order valence-electron chi connectivity index (χ0n) is 8.38. The zero-order chi connectivity index (χ0) is 11.8. The van der Waals surface area contributed by atoms with Crippen molar-refractivity contribution < 1.29 is 8.78 Å². The SMILES string of the molecule is N#Cc1cc(Cl)ccc1CN1CC(F)(F)C1. The van der Waals surface area contributed by atoms with E-state index in [-0.39, 0.29) is 13.1 Å². The number of nitriles is 1. The molecule has 16 heavy (non-hydrogen) atoms. The summed E-state index contributed by atoms with van der Waals surface area (Å²) in [6.45, 7) is -0.101. The highest BCUT2D eigenvalue weighted by atomic mass is 35.5. The van der Waals surface area contributed by atoms with Crippen LogP contribution in [0.1, 0.15) is 11.1 Å². The Bertz CT molecular complexity index is 446. The molecule has 1 heterocycles. The van der Waals surface area contributed by atoms with E-state index in [1.807, 2.05) is 6.07 Å². The molecule has 0 amide bonds. The minimum absolute atomic E-state index is 0.236. The van der Waals surface area contributed by atoms with Crippen molar-refractivity contribution >= 4 is 11.6 Å². The Hall–Kier alpha value is -1.18. The molecule has 1 aliphatic heterocycles. The third-order valence-corrected chi connectivity index (χ3v) is 2.73. The highest BCUT2D eigenvalue weighted by Gasteiger charge is 2.43. The quantitative estimate of drug-likeness (QED) is 0.797. The number of likely N-dealkylation sites (tertiary alicyclic amines) is 1. The van der Waals surface area contributed by atoms with Crippen molar-refractivity contribution in [3.8, 4) is 6.07 Å². The largest absolute Gasteiger partial charge is 0.287 e. The van der Waals surface area contributed by atoms with Gasteiger partial charge in [0.2, 0.25) is 0 Å². The fourth-order valence-electron chi connectivity index (χ4n) is 1.75. The first kappa shape index (κ1) is 11.3. The number of halogens is 3. The molecule has 1 fully saturated rings. The second-order valence-electron chi connectivity index (χ2n) is 3.91. The summed E-state index contributed by atoms with van der Waals surface area (Å²) in [5.41, 5.74) is 1.19. The molecule has 0 atom stereocenters. The van der Waals surface area contributed by atoms with Crippen LogP contribution in [0.15, 0.2) is 18.2 Å². The van der Waals surface area contributed by atoms with E-state index in [4.69, 9.17) is 16.9 Å². The van der Waals surface area contributed by atoms with Crippen LogP contribution in [0.25, 0.3) is 0 Å². The summed E-state index contributed by atoms with van der Waals surface area (Å²) in [5, 5.41) is 9.35. The van der Waals surface area contributed by atoms with Crippen LogP contribution in [0.4, 0.5) is 8.78 Å². The fraction of sp³-hybridized carbons (Fsp3) is 0.364. The van der Waals surface area contributed by atoms with Crippen LogP contribution in [0, 0.1) is 11.3 Å². The maximum atomic E-state index is 12.6. The van der Waals surface area contributed by atoms with Gasteiger partial charge >= 0.3 is 0 Å². The van der Waals surface area contributed by atoms with Gasteiger partial charge in [-0.3, -0.25) is 4.90 Å². The molecular formula is C11H9ClF2N2. The molecule has 2 rings (SSSR count). The van der Waals surface area contributed by atoms with Gasteiger partial charge in [-0.05, 0) is 17.7 Å². The Morgan fingerprint density at radius 2 is 2.12 bits per heavy atom. The van der Waals surface area contributed by atoms with Gasteiger partial charge in [-0.2, -0.15) is 5.26 Å². The Labute approximate surface area is 97.0 Å². The maximum Gasteiger partial charge on any atom is 0.272 e. The van der Waals surface area contributed by atoms with Crippen LogP contribution < -0.4 is 0 Å². The van der Waals surface area contributed by atoms with Gasteiger partial charge in [0.1, 0.15) is 0 Å². The molecule has 5 heteroatoms. The predicted octanol–water partition coefficient (Wildman–Crippen LogP) is 2.66. The first-order valence-corrected chi connectivity index (χ1v) is 5.17. The van der Waals surface area contributed by atoms with E-state index in [2.05, 4.69) is 0 Å². The van der Waals surface area contributed by atoms with E-state index in [0.717, 1.165) is 5.56 Å². The van der Waals surface area contributed by atoms with Gasteiger partial charge in [-0.15, -0.1) is 0 Å². The molecule has 0 radical (unpaired) electrons. The van der Waals surface area contributed by atoms with Crippen LogP contribution in [0.2, 0.25) is 5.02 Å². The minimum Gasteiger partial charge on any atom is -0.287 e. The third-order valence-electron chi connectivity index (χ3n) is 2.50. The Kier molecular flexibility index (Phi) is 2.83. The summed E-state index contributed by atoms with van der Waals surface area (Å²) < 4.78 is 25.2. The first-order valence-electron chi connectivity index (χ1n) is 4.79. The number of rotatable bonds is 2. The van der Waals surface area contributed by atoms with Crippen LogP contribution >= 0.6 is 11.6 Å². The highest BCUT2D eigenvalue weighted by molar-refractivity contribution is 6.30. The molecule has 0 N–H and O–H groups in total. The molecule has 0 saturated carbocycles. The maximum absolute atomic E-state index is 12.6. The van der Waals surface area contributed by atoms with E-state index in [1.54, 1.807) is 23.1 Å². The number of alkyl halides is 2. The van der Waals surface area contributed by atoms with Crippen LogP contribution in [-0.2, 0) is 6.54 Å². The lowest BCUT2D eigenvalue weighted by Gasteiger charge is -2.38. The Morgan fingerprint density at radius 3 is 2.69 bits per heavy atom. The number of hydrogen-bond acceptors (Lipinski definition) is 2. The molecule has 1 aromatic carbocycles. The van der Waals surface area contributed by atoms with E-state index < -0.39 is 5.92 Å². The molecule has 84 valence electrons. The first-order chi connectivity index (χ1) is 7.50. The summed E-state index contributed by atoms with van der Waals surface area (Å²) in [6, 6.07) is 6.93. The van der Waals surface area contributed by atoms with Crippen molar-refractivity contribution in [1.29, 1.82) is 5.26 Å². The number of hydrogen-bond donors (Lipinski definition) is 0. The molecule has 0 aliphatic carbocycles. The Balaban J connectivity index is 2.08. The van der Waals surface area contributed by atoms with Gasteiger partial charge < -0.3 is 0 Å². The topological polar surface area (TPSA) is 27.0 Å². The van der Waals surface area contributed by atoms with Crippen molar-refractivity contribution in [2.75, 3.05) is 13.1 Å². The lowest BCUT2D eigenvalue weighted by molar-refractivity contribution is -0.133. The van der Waals surface area contributed by atoms with E-state index in [9.17, 15) is 8.78 Å². The van der Waals surface area contributed by atoms with Gasteiger partial charge in [-0.1, -0.05) is 17.7 Å². The molecular weight excluding hydrogens is 234 g/mol. The van der Waals surface area contributed by atoms with Crippen LogP contribution in [-0.4, -0.2) is 23.9 Å². The predicted molar refractivity (Wildman–Crippen MR) is 56.4 cm³/mol. The summed E-state index contributed by atoms with van der Waals surface area (Å²) in [4.78, 5) is 1.60. The number of benzene rings is 1. The lowest BCUT2D eigenvalue weighted by Crippen LogP contribution is -2.55. The monoisotopic (exact) mass is 242 g/mol. The molecule has 0 unspecified atom stereocenters. The van der Waals surface area contributed by atoms with Crippen molar-refractivity contribution in [3.63, 3.8) is 0 Å². The summed E-state index contributed by atoms with van der Waals surface area (Å²) in [7, 11) is 0. The molecule has 2 nitrogen and oxygen atoms in total. The smallest absolute Gasteiger partial charge is 0.272 e. The molecule has 1 aliphatic rings. The van der Waals surface area contributed by atoms with Crippen LogP contribution in [0.3, 0.4) is 0 Å². The fourth-order valence-corrected chi connectivity index (χ4v) is 1.92. The van der Waals surface area contributed by atoms with Crippen molar-refractivity contribution in [2.45, 2.75) is 12.5 Å². The summed E-state index contributed by atoms with van der Waals surface area (Å²) in [6.07, 6.45) is 0. The molecule has 1 saturated heterocycles. The zero-order valence-corrected chi connectivity index (χ0v) is 9.14. The van der Waals surface area contributed by atoms with Crippen molar-refractivity contribution in [3.05, 3.63) is 34.3 Å². The van der Waals surface area contributed by atoms with E-state index in [0.29, 0.717) is 17.1 Å². The summed E-state index contributed by atoms with van der Waals surface area (Å²) in [5.74, 6) is -2.57. The Morgan fingerprint density at radius 1 is 1.44 bits per heavy atom. The lowest BCUT2D eigenvalue weighted by atomic mass is 10.0. The van der Waals surface area contributed by atoms with Crippen molar-refractivity contribution in [1.82, 2.24) is 4.90 Å². The van der Waals surface area contributed by atoms with Crippen LogP contribution in [0.5, 0.6) is 0 Å². The third kappa shape index (κ3) is 2.31. The average molecular weight is 243 g/mol. The second kappa shape index (κ2) is 4.00. The molecule has 0 spiro atoms. The van der Waals surface area contributed by atoms with Gasteiger partial charge in [0.25, 0.3) is 5.92 Å². The molecule has 1 aromatic rings. The van der Waals surface area contributed by atoms with Gasteiger partial charge in [0.15, 0.2) is 0 Å². The van der Waals surface area contributed by atoms with Gasteiger partial charge in [0.05, 0.1) is 24.7 Å². The molecule has 0 aromatic heterocycles. The summed E-state index contributed by atoms with van der Waals surface area (Å²) >= 11 is 5.74. The van der Waals surface area contributed by atoms with E-state index in [1.165, 1.54) is 0 Å². The standard InChI is InChI=1S/C11H9ClF2N2/c12-10-2-1-8(9(3-10)4-15)5-16-6-11(13,14)7-16/h1-3H,5-7H2. The number of nitrogens with zero attached hydrogens (tertiary/aromatic N) is 2. The minimum atomic E-state index is -2.57. The second-order valence-corrected chi connectivity index (χ2v) is 4.35. The van der Waals surface area contributed by atoms with Gasteiger partial charge in [0, 0.05) is 11.6 Å². The normalized spacial score (nSPS) is 18.9. The van der Waals surface area contributed by atoms with Gasteiger partial charge in [-0.25, -0.2) is 8.78 Å². The molecule has 0 bridgehead atoms. The van der Waals surface area contributed by atoms with E-state index >= 15 is 0 Å². The average Bonchev–Trinajstić information content (AvgIpc) is 2.18.